The van der Waals surface area contributed by atoms with Crippen LogP contribution in [-0.2, 0) is 12.8 Å². The molecule has 4 heterocycles. The number of nitrogens with zero attached hydrogens (tertiary/aromatic N) is 5. The highest BCUT2D eigenvalue weighted by molar-refractivity contribution is 7.18. The van der Waals surface area contributed by atoms with E-state index in [9.17, 15) is 4.79 Å². The molecule has 4 aromatic heterocycles. The van der Waals surface area contributed by atoms with Crippen LogP contribution in [0.25, 0.3) is 15.9 Å². The predicted molar refractivity (Wildman–Crippen MR) is 92.6 cm³/mol. The van der Waals surface area contributed by atoms with Crippen LogP contribution in [0.4, 0.5) is 5.82 Å². The average molecular weight is 341 g/mol. The van der Waals surface area contributed by atoms with E-state index in [1.807, 2.05) is 0 Å². The Balaban J connectivity index is 1.54. The summed E-state index contributed by atoms with van der Waals surface area (Å²) in [5, 5.41) is 12.4. The van der Waals surface area contributed by atoms with Gasteiger partial charge in [-0.1, -0.05) is 6.92 Å². The zero-order chi connectivity index (χ0) is 16.5. The summed E-state index contributed by atoms with van der Waals surface area (Å²) < 4.78 is 1.70. The highest BCUT2D eigenvalue weighted by atomic mass is 32.1. The highest BCUT2D eigenvalue weighted by Gasteiger charge is 2.10. The van der Waals surface area contributed by atoms with Crippen molar-refractivity contribution in [3.05, 3.63) is 45.8 Å². The summed E-state index contributed by atoms with van der Waals surface area (Å²) in [4.78, 5) is 25.2. The number of aromatic nitrogens is 6. The number of hydrogen-bond acceptors (Lipinski definition) is 7. The Morgan fingerprint density at radius 2 is 2.25 bits per heavy atom. The van der Waals surface area contributed by atoms with E-state index in [-0.39, 0.29) is 5.56 Å². The van der Waals surface area contributed by atoms with Crippen LogP contribution in [0, 0.1) is 0 Å². The van der Waals surface area contributed by atoms with Crippen molar-refractivity contribution in [3.8, 4) is 0 Å². The molecule has 0 unspecified atom stereocenters. The van der Waals surface area contributed by atoms with Gasteiger partial charge in [0.2, 0.25) is 5.65 Å². The van der Waals surface area contributed by atoms with Gasteiger partial charge in [-0.25, -0.2) is 9.97 Å². The van der Waals surface area contributed by atoms with Gasteiger partial charge in [-0.05, 0) is 12.5 Å². The molecule has 0 aliphatic heterocycles. The van der Waals surface area contributed by atoms with Crippen molar-refractivity contribution < 1.29 is 0 Å². The van der Waals surface area contributed by atoms with Crippen LogP contribution in [0.3, 0.4) is 0 Å². The number of thiophene rings is 1. The Hall–Kier alpha value is -2.81. The van der Waals surface area contributed by atoms with E-state index in [1.165, 1.54) is 4.88 Å². The first-order valence-electron chi connectivity index (χ1n) is 7.65. The van der Waals surface area contributed by atoms with Gasteiger partial charge in [0, 0.05) is 30.2 Å². The van der Waals surface area contributed by atoms with E-state index < -0.39 is 0 Å². The van der Waals surface area contributed by atoms with Crippen molar-refractivity contribution in [2.24, 2.45) is 0 Å². The van der Waals surface area contributed by atoms with Crippen LogP contribution in [0.1, 0.15) is 17.6 Å². The summed E-state index contributed by atoms with van der Waals surface area (Å²) in [7, 11) is 0. The number of hydrogen-bond donors (Lipinski definition) is 2. The van der Waals surface area contributed by atoms with Crippen LogP contribution in [0.15, 0.2) is 29.6 Å². The molecule has 0 amide bonds. The number of fused-ring (bicyclic) bond motifs is 2. The third-order valence-electron chi connectivity index (χ3n) is 3.78. The molecule has 122 valence electrons. The van der Waals surface area contributed by atoms with Gasteiger partial charge in [0.15, 0.2) is 0 Å². The zero-order valence-electron chi connectivity index (χ0n) is 13.0. The lowest BCUT2D eigenvalue weighted by Crippen LogP contribution is -2.12. The molecule has 2 N–H and O–H groups in total. The molecule has 8 nitrogen and oxygen atoms in total. The molecule has 0 bridgehead atoms. The predicted octanol–water partition coefficient (Wildman–Crippen LogP) is 1.64. The maximum absolute atomic E-state index is 11.7. The van der Waals surface area contributed by atoms with Gasteiger partial charge in [-0.2, -0.15) is 0 Å². The number of H-pyrrole nitrogens is 1. The second kappa shape index (κ2) is 6.00. The molecule has 0 saturated carbocycles. The van der Waals surface area contributed by atoms with Crippen molar-refractivity contribution in [2.75, 3.05) is 11.9 Å². The second-order valence-electron chi connectivity index (χ2n) is 5.28. The summed E-state index contributed by atoms with van der Waals surface area (Å²) >= 11 is 1.69. The molecule has 0 aliphatic carbocycles. The van der Waals surface area contributed by atoms with Gasteiger partial charge in [0.1, 0.15) is 22.8 Å². The summed E-state index contributed by atoms with van der Waals surface area (Å²) in [5.41, 5.74) is 0.0643. The maximum atomic E-state index is 11.7. The lowest BCUT2D eigenvalue weighted by atomic mass is 10.3. The van der Waals surface area contributed by atoms with Crippen LogP contribution in [0.2, 0.25) is 0 Å². The Morgan fingerprint density at radius 3 is 3.12 bits per heavy atom. The molecule has 4 rings (SSSR count). The fourth-order valence-corrected chi connectivity index (χ4v) is 3.51. The van der Waals surface area contributed by atoms with Crippen LogP contribution in [-0.4, -0.2) is 36.1 Å². The fourth-order valence-electron chi connectivity index (χ4n) is 2.57. The van der Waals surface area contributed by atoms with Crippen molar-refractivity contribution in [2.45, 2.75) is 19.8 Å². The number of nitrogens with one attached hydrogen (secondary N) is 2. The third kappa shape index (κ3) is 2.52. The lowest BCUT2D eigenvalue weighted by Gasteiger charge is -2.05. The fraction of sp³-hybridized carbons (Fsp3) is 0.267. The van der Waals surface area contributed by atoms with Crippen LogP contribution in [0.5, 0.6) is 0 Å². The van der Waals surface area contributed by atoms with Crippen molar-refractivity contribution in [1.82, 2.24) is 29.5 Å². The standard InChI is InChI=1S/C15H15N7OS/c1-2-9-7-10-12(18-8-19-15(10)24-9)16-4-3-11-20-21-13-14(23)17-5-6-22(11)13/h5-8H,2-4H2,1H3,(H,17,23)(H,16,18,19). The molecule has 0 aromatic carbocycles. The van der Waals surface area contributed by atoms with E-state index in [0.29, 0.717) is 18.6 Å². The Morgan fingerprint density at radius 1 is 1.33 bits per heavy atom. The first kappa shape index (κ1) is 14.8. The third-order valence-corrected chi connectivity index (χ3v) is 4.96. The molecular formula is C15H15N7OS. The topological polar surface area (TPSA) is 101 Å². The van der Waals surface area contributed by atoms with E-state index in [4.69, 9.17) is 0 Å². The molecule has 0 radical (unpaired) electrons. The van der Waals surface area contributed by atoms with Crippen molar-refractivity contribution in [1.29, 1.82) is 0 Å². The van der Waals surface area contributed by atoms with Gasteiger partial charge < -0.3 is 10.3 Å². The second-order valence-corrected chi connectivity index (χ2v) is 6.40. The molecule has 24 heavy (non-hydrogen) atoms. The minimum absolute atomic E-state index is 0.243. The van der Waals surface area contributed by atoms with Gasteiger partial charge in [0.05, 0.1) is 5.39 Å². The van der Waals surface area contributed by atoms with E-state index in [1.54, 1.807) is 34.5 Å². The van der Waals surface area contributed by atoms with E-state index in [0.717, 1.165) is 28.3 Å². The first-order chi connectivity index (χ1) is 11.8. The summed E-state index contributed by atoms with van der Waals surface area (Å²) in [6.07, 6.45) is 6.52. The summed E-state index contributed by atoms with van der Waals surface area (Å²) in [5.74, 6) is 1.55. The quantitative estimate of drug-likeness (QED) is 0.572. The van der Waals surface area contributed by atoms with Crippen LogP contribution >= 0.6 is 11.3 Å². The number of rotatable bonds is 5. The van der Waals surface area contributed by atoms with Crippen molar-refractivity contribution in [3.63, 3.8) is 0 Å². The summed E-state index contributed by atoms with van der Waals surface area (Å²) in [6, 6.07) is 2.13. The molecule has 4 aromatic rings. The SMILES string of the molecule is CCc1cc2c(NCCc3nnc4c(=O)[nH]ccn34)ncnc2s1. The number of aryl methyl sites for hydroxylation is 1. The van der Waals surface area contributed by atoms with E-state index >= 15 is 0 Å². The minimum Gasteiger partial charge on any atom is -0.369 e. The molecular weight excluding hydrogens is 326 g/mol. The van der Waals surface area contributed by atoms with Gasteiger partial charge in [-0.3, -0.25) is 9.20 Å². The first-order valence-corrected chi connectivity index (χ1v) is 8.46. The Bertz CT molecular complexity index is 1060. The molecule has 0 fully saturated rings. The van der Waals surface area contributed by atoms with Crippen LogP contribution < -0.4 is 10.9 Å². The molecule has 0 aliphatic rings. The average Bonchev–Trinajstić information content (AvgIpc) is 3.20. The number of aromatic amines is 1. The van der Waals surface area contributed by atoms with Gasteiger partial charge in [-0.15, -0.1) is 21.5 Å². The van der Waals surface area contributed by atoms with E-state index in [2.05, 4.69) is 43.5 Å². The molecule has 0 atom stereocenters. The molecule has 9 heteroatoms. The Labute approximate surface area is 140 Å². The van der Waals surface area contributed by atoms with Gasteiger partial charge >= 0.3 is 0 Å². The molecule has 0 spiro atoms. The highest BCUT2D eigenvalue weighted by Crippen LogP contribution is 2.28. The monoisotopic (exact) mass is 341 g/mol. The van der Waals surface area contributed by atoms with Gasteiger partial charge in [0.25, 0.3) is 5.56 Å². The van der Waals surface area contributed by atoms with Crippen molar-refractivity contribution >= 4 is 33.0 Å². The largest absolute Gasteiger partial charge is 0.369 e. The maximum Gasteiger partial charge on any atom is 0.293 e. The smallest absolute Gasteiger partial charge is 0.293 e. The summed E-state index contributed by atoms with van der Waals surface area (Å²) in [6.45, 7) is 2.76. The molecule has 0 saturated heterocycles. The normalized spacial score (nSPS) is 11.4. The number of anilines is 1. The Kier molecular flexibility index (Phi) is 3.69. The lowest BCUT2D eigenvalue weighted by molar-refractivity contribution is 0.865. The zero-order valence-corrected chi connectivity index (χ0v) is 13.8. The minimum atomic E-state index is -0.243.